The first-order valence-corrected chi connectivity index (χ1v) is 8.42. The zero-order valence-corrected chi connectivity index (χ0v) is 15.4. The largest absolute Gasteiger partial charge is 0.497 e. The Kier molecular flexibility index (Phi) is 7.32. The van der Waals surface area contributed by atoms with Crippen molar-refractivity contribution in [1.29, 1.82) is 0 Å². The molecule has 0 saturated carbocycles. The van der Waals surface area contributed by atoms with Gasteiger partial charge < -0.3 is 19.2 Å². The van der Waals surface area contributed by atoms with Crippen molar-refractivity contribution in [3.63, 3.8) is 0 Å². The third-order valence-electron chi connectivity index (χ3n) is 3.71. The van der Waals surface area contributed by atoms with Crippen LogP contribution in [0.25, 0.3) is 6.08 Å². The van der Waals surface area contributed by atoms with Gasteiger partial charge in [-0.3, -0.25) is 14.9 Å². The average molecular weight is 388 g/mol. The Morgan fingerprint density at radius 2 is 1.96 bits per heavy atom. The number of ether oxygens (including phenoxy) is 2. The molecule has 2 aromatic rings. The van der Waals surface area contributed by atoms with Crippen LogP contribution in [0.2, 0.25) is 0 Å². The molecule has 0 aliphatic heterocycles. The van der Waals surface area contributed by atoms with Crippen molar-refractivity contribution in [2.24, 2.45) is 0 Å². The van der Waals surface area contributed by atoms with Crippen LogP contribution in [0.5, 0.6) is 5.75 Å². The number of carbonyl (C=O) groups excluding carboxylic acids is 2. The van der Waals surface area contributed by atoms with Crippen LogP contribution in [0, 0.1) is 10.1 Å². The summed E-state index contributed by atoms with van der Waals surface area (Å²) < 4.78 is 14.9. The normalized spacial score (nSPS) is 11.8. The molecule has 9 heteroatoms. The highest BCUT2D eigenvalue weighted by atomic mass is 16.6. The molecule has 1 heterocycles. The van der Waals surface area contributed by atoms with E-state index in [9.17, 15) is 19.7 Å². The summed E-state index contributed by atoms with van der Waals surface area (Å²) in [7, 11) is 1.59. The lowest BCUT2D eigenvalue weighted by atomic mass is 10.1. The lowest BCUT2D eigenvalue weighted by Gasteiger charge is -2.12. The lowest BCUT2D eigenvalue weighted by molar-refractivity contribution is -0.402. The Bertz CT molecular complexity index is 855. The second-order valence-corrected chi connectivity index (χ2v) is 5.73. The summed E-state index contributed by atoms with van der Waals surface area (Å²) in [6.07, 6.45) is 1.89. The summed E-state index contributed by atoms with van der Waals surface area (Å²) in [5.41, 5.74) is 1.03. The second kappa shape index (κ2) is 9.91. The Labute approximate surface area is 161 Å². The summed E-state index contributed by atoms with van der Waals surface area (Å²) in [6, 6.07) is 9.99. The molecule has 0 saturated heterocycles. The Morgan fingerprint density at radius 3 is 2.57 bits per heavy atom. The Hall–Kier alpha value is -3.62. The van der Waals surface area contributed by atoms with Crippen molar-refractivity contribution < 1.29 is 28.4 Å². The summed E-state index contributed by atoms with van der Waals surface area (Å²) >= 11 is 0. The first kappa shape index (κ1) is 20.7. The van der Waals surface area contributed by atoms with Gasteiger partial charge in [-0.25, -0.2) is 4.79 Å². The molecule has 0 fully saturated rings. The standard InChI is InChI=1S/C19H20N2O7/c1-13(19(23)20-12-11-14-3-5-15(26-2)6-4-14)27-18(22)10-8-16-7-9-17(28-16)21(24)25/h3-10,13H,11-12H2,1-2H3,(H,20,23)/b10-8+/t13-/m0/s1. The highest BCUT2D eigenvalue weighted by Gasteiger charge is 2.16. The van der Waals surface area contributed by atoms with Crippen LogP contribution in [-0.4, -0.2) is 36.6 Å². The van der Waals surface area contributed by atoms with Gasteiger partial charge in [-0.05, 0) is 43.2 Å². The van der Waals surface area contributed by atoms with E-state index in [1.165, 1.54) is 25.1 Å². The SMILES string of the molecule is COc1ccc(CCNC(=O)[C@H](C)OC(=O)/C=C/c2ccc([N+](=O)[O-])o2)cc1. The van der Waals surface area contributed by atoms with E-state index in [1.54, 1.807) is 7.11 Å². The van der Waals surface area contributed by atoms with Crippen molar-refractivity contribution in [1.82, 2.24) is 5.32 Å². The van der Waals surface area contributed by atoms with Crippen LogP contribution >= 0.6 is 0 Å². The average Bonchev–Trinajstić information content (AvgIpc) is 3.16. The highest BCUT2D eigenvalue weighted by molar-refractivity contribution is 5.90. The minimum absolute atomic E-state index is 0.125. The van der Waals surface area contributed by atoms with Gasteiger partial charge in [0.05, 0.1) is 13.2 Å². The van der Waals surface area contributed by atoms with Gasteiger partial charge in [0.2, 0.25) is 0 Å². The van der Waals surface area contributed by atoms with E-state index in [-0.39, 0.29) is 5.76 Å². The Balaban J connectivity index is 1.74. The number of benzene rings is 1. The van der Waals surface area contributed by atoms with E-state index in [4.69, 9.17) is 13.9 Å². The van der Waals surface area contributed by atoms with E-state index >= 15 is 0 Å². The van der Waals surface area contributed by atoms with Crippen molar-refractivity contribution in [2.45, 2.75) is 19.4 Å². The maximum Gasteiger partial charge on any atom is 0.433 e. The third-order valence-corrected chi connectivity index (χ3v) is 3.71. The number of nitro groups is 1. The molecule has 0 unspecified atom stereocenters. The topological polar surface area (TPSA) is 121 Å². The number of amides is 1. The van der Waals surface area contributed by atoms with Crippen molar-refractivity contribution in [3.05, 3.63) is 63.9 Å². The van der Waals surface area contributed by atoms with E-state index in [2.05, 4.69) is 5.32 Å². The minimum Gasteiger partial charge on any atom is -0.497 e. The maximum absolute atomic E-state index is 12.0. The molecule has 28 heavy (non-hydrogen) atoms. The number of hydrogen-bond acceptors (Lipinski definition) is 7. The van der Waals surface area contributed by atoms with Gasteiger partial charge in [0.15, 0.2) is 6.10 Å². The van der Waals surface area contributed by atoms with Crippen LogP contribution in [0.3, 0.4) is 0 Å². The van der Waals surface area contributed by atoms with Crippen molar-refractivity contribution >= 4 is 23.8 Å². The molecule has 0 spiro atoms. The number of nitrogens with zero attached hydrogens (tertiary/aromatic N) is 1. The maximum atomic E-state index is 12.0. The van der Waals surface area contributed by atoms with Gasteiger partial charge in [-0.2, -0.15) is 0 Å². The van der Waals surface area contributed by atoms with Crippen LogP contribution in [0.4, 0.5) is 5.88 Å². The number of carbonyl (C=O) groups is 2. The molecular weight excluding hydrogens is 368 g/mol. The Morgan fingerprint density at radius 1 is 1.25 bits per heavy atom. The van der Waals surface area contributed by atoms with Gasteiger partial charge in [0, 0.05) is 12.6 Å². The number of furan rings is 1. The monoisotopic (exact) mass is 388 g/mol. The molecule has 1 amide bonds. The number of rotatable bonds is 9. The molecule has 1 aromatic carbocycles. The molecule has 148 valence electrons. The van der Waals surface area contributed by atoms with E-state index < -0.39 is 28.8 Å². The first-order chi connectivity index (χ1) is 13.4. The number of hydrogen-bond donors (Lipinski definition) is 1. The molecule has 1 N–H and O–H groups in total. The third kappa shape index (κ3) is 6.27. The predicted octanol–water partition coefficient (Wildman–Crippen LogP) is 2.50. The van der Waals surface area contributed by atoms with E-state index in [1.807, 2.05) is 24.3 Å². The quantitative estimate of drug-likeness (QED) is 0.303. The molecule has 9 nitrogen and oxygen atoms in total. The fourth-order valence-corrected chi connectivity index (χ4v) is 2.21. The zero-order valence-electron chi connectivity index (χ0n) is 15.4. The number of methoxy groups -OCH3 is 1. The zero-order chi connectivity index (χ0) is 20.5. The first-order valence-electron chi connectivity index (χ1n) is 8.42. The van der Waals surface area contributed by atoms with Gasteiger partial charge >= 0.3 is 11.9 Å². The smallest absolute Gasteiger partial charge is 0.433 e. The number of nitrogens with one attached hydrogen (secondary N) is 1. The fraction of sp³-hybridized carbons (Fsp3) is 0.263. The predicted molar refractivity (Wildman–Crippen MR) is 99.7 cm³/mol. The van der Waals surface area contributed by atoms with Gasteiger partial charge in [0.1, 0.15) is 16.4 Å². The molecule has 0 radical (unpaired) electrons. The van der Waals surface area contributed by atoms with Gasteiger partial charge in [-0.15, -0.1) is 0 Å². The van der Waals surface area contributed by atoms with Gasteiger partial charge in [0.25, 0.3) is 5.91 Å². The summed E-state index contributed by atoms with van der Waals surface area (Å²) in [5, 5.41) is 13.2. The summed E-state index contributed by atoms with van der Waals surface area (Å²) in [6.45, 7) is 1.84. The van der Waals surface area contributed by atoms with E-state index in [0.717, 1.165) is 17.4 Å². The lowest BCUT2D eigenvalue weighted by Crippen LogP contribution is -2.36. The summed E-state index contributed by atoms with van der Waals surface area (Å²) in [5.74, 6) is -0.746. The van der Waals surface area contributed by atoms with Crippen LogP contribution < -0.4 is 10.1 Å². The minimum atomic E-state index is -0.987. The molecule has 1 aromatic heterocycles. The molecular formula is C19H20N2O7. The number of esters is 1. The molecule has 1 atom stereocenters. The highest BCUT2D eigenvalue weighted by Crippen LogP contribution is 2.16. The molecule has 0 bridgehead atoms. The van der Waals surface area contributed by atoms with Crippen molar-refractivity contribution in [3.8, 4) is 5.75 Å². The molecule has 2 rings (SSSR count). The van der Waals surface area contributed by atoms with Gasteiger partial charge in [-0.1, -0.05) is 12.1 Å². The van der Waals surface area contributed by atoms with Crippen LogP contribution in [0.15, 0.2) is 46.9 Å². The van der Waals surface area contributed by atoms with E-state index in [0.29, 0.717) is 13.0 Å². The molecule has 0 aliphatic carbocycles. The fourth-order valence-electron chi connectivity index (χ4n) is 2.21. The van der Waals surface area contributed by atoms with Crippen molar-refractivity contribution in [2.75, 3.05) is 13.7 Å². The van der Waals surface area contributed by atoms with Crippen LogP contribution in [0.1, 0.15) is 18.2 Å². The summed E-state index contributed by atoms with van der Waals surface area (Å²) in [4.78, 5) is 33.6. The second-order valence-electron chi connectivity index (χ2n) is 5.73. The van der Waals surface area contributed by atoms with Crippen LogP contribution in [-0.2, 0) is 20.7 Å². The molecule has 0 aliphatic rings.